The molecule has 0 aliphatic carbocycles. The van der Waals surface area contributed by atoms with Crippen LogP contribution in [-0.4, -0.2) is 22.5 Å². The van der Waals surface area contributed by atoms with E-state index in [4.69, 9.17) is 10.8 Å². The van der Waals surface area contributed by atoms with Crippen LogP contribution in [0.1, 0.15) is 29.8 Å². The van der Waals surface area contributed by atoms with Gasteiger partial charge in [0, 0.05) is 5.69 Å². The summed E-state index contributed by atoms with van der Waals surface area (Å²) in [6.07, 6.45) is 0. The fourth-order valence-electron chi connectivity index (χ4n) is 1.35. The van der Waals surface area contributed by atoms with E-state index in [9.17, 15) is 9.59 Å². The molecule has 1 aromatic carbocycles. The van der Waals surface area contributed by atoms with Gasteiger partial charge in [-0.3, -0.25) is 4.79 Å². The zero-order valence-electron chi connectivity index (χ0n) is 10.1. The molecule has 0 fully saturated rings. The van der Waals surface area contributed by atoms with Crippen LogP contribution in [0.3, 0.4) is 0 Å². The third-order valence-electron chi connectivity index (χ3n) is 2.47. The summed E-state index contributed by atoms with van der Waals surface area (Å²) in [5.41, 5.74) is 5.64. The molecule has 0 radical (unpaired) electrons. The van der Waals surface area contributed by atoms with Crippen molar-refractivity contribution in [1.29, 1.82) is 0 Å². The predicted molar refractivity (Wildman–Crippen MR) is 65.0 cm³/mol. The van der Waals surface area contributed by atoms with Gasteiger partial charge < -0.3 is 16.2 Å². The molecule has 0 bridgehead atoms. The Balaban J connectivity index is 3.17. The van der Waals surface area contributed by atoms with Gasteiger partial charge >= 0.3 is 5.97 Å². The lowest BCUT2D eigenvalue weighted by Gasteiger charge is -2.24. The summed E-state index contributed by atoms with van der Waals surface area (Å²) in [7, 11) is 0. The molecule has 92 valence electrons. The molecule has 0 aliphatic heterocycles. The van der Waals surface area contributed by atoms with Crippen LogP contribution in [0.4, 0.5) is 5.69 Å². The molecule has 0 atom stereocenters. The average molecular weight is 236 g/mol. The SMILES string of the molecule is Cc1ccc(C(=O)O)c(NC(C)(C)C(N)=O)c1. The van der Waals surface area contributed by atoms with Crippen molar-refractivity contribution in [3.63, 3.8) is 0 Å². The van der Waals surface area contributed by atoms with Gasteiger partial charge in [-0.1, -0.05) is 6.07 Å². The van der Waals surface area contributed by atoms with Crippen molar-refractivity contribution in [3.05, 3.63) is 29.3 Å². The average Bonchev–Trinajstić information content (AvgIpc) is 2.15. The topological polar surface area (TPSA) is 92.4 Å². The van der Waals surface area contributed by atoms with Crippen LogP contribution in [0.25, 0.3) is 0 Å². The number of carboxylic acid groups (broad SMARTS) is 1. The molecular formula is C12H16N2O3. The number of carbonyl (C=O) groups excluding carboxylic acids is 1. The Kier molecular flexibility index (Phi) is 3.41. The summed E-state index contributed by atoms with van der Waals surface area (Å²) in [4.78, 5) is 22.2. The number of hydrogen-bond acceptors (Lipinski definition) is 3. The van der Waals surface area contributed by atoms with Gasteiger partial charge in [0.05, 0.1) is 5.56 Å². The molecule has 0 heterocycles. The summed E-state index contributed by atoms with van der Waals surface area (Å²) in [6.45, 7) is 5.04. The number of anilines is 1. The van der Waals surface area contributed by atoms with E-state index in [-0.39, 0.29) is 5.56 Å². The highest BCUT2D eigenvalue weighted by molar-refractivity contribution is 5.96. The van der Waals surface area contributed by atoms with E-state index in [1.54, 1.807) is 26.0 Å². The molecule has 1 amide bonds. The van der Waals surface area contributed by atoms with Gasteiger partial charge in [-0.15, -0.1) is 0 Å². The Morgan fingerprint density at radius 3 is 2.41 bits per heavy atom. The van der Waals surface area contributed by atoms with Crippen molar-refractivity contribution in [2.75, 3.05) is 5.32 Å². The lowest BCUT2D eigenvalue weighted by molar-refractivity contribution is -0.121. The van der Waals surface area contributed by atoms with Crippen LogP contribution in [0.15, 0.2) is 18.2 Å². The second-order valence-corrected chi connectivity index (χ2v) is 4.47. The van der Waals surface area contributed by atoms with Crippen LogP contribution < -0.4 is 11.1 Å². The second kappa shape index (κ2) is 4.45. The number of rotatable bonds is 4. The Bertz CT molecular complexity index is 467. The third kappa shape index (κ3) is 2.96. The van der Waals surface area contributed by atoms with E-state index in [0.29, 0.717) is 5.69 Å². The zero-order valence-corrected chi connectivity index (χ0v) is 10.1. The smallest absolute Gasteiger partial charge is 0.337 e. The summed E-state index contributed by atoms with van der Waals surface area (Å²) in [6, 6.07) is 4.87. The van der Waals surface area contributed by atoms with Crippen LogP contribution in [-0.2, 0) is 4.79 Å². The summed E-state index contributed by atoms with van der Waals surface area (Å²) < 4.78 is 0. The number of aryl methyl sites for hydroxylation is 1. The van der Waals surface area contributed by atoms with Crippen molar-refractivity contribution in [1.82, 2.24) is 0 Å². The van der Waals surface area contributed by atoms with E-state index in [1.165, 1.54) is 6.07 Å². The molecule has 1 rings (SSSR count). The number of nitrogens with one attached hydrogen (secondary N) is 1. The highest BCUT2D eigenvalue weighted by atomic mass is 16.4. The fourth-order valence-corrected chi connectivity index (χ4v) is 1.35. The van der Waals surface area contributed by atoms with Crippen LogP contribution >= 0.6 is 0 Å². The maximum Gasteiger partial charge on any atom is 0.337 e. The molecule has 5 heteroatoms. The highest BCUT2D eigenvalue weighted by Gasteiger charge is 2.26. The predicted octanol–water partition coefficient (Wildman–Crippen LogP) is 1.37. The third-order valence-corrected chi connectivity index (χ3v) is 2.47. The molecule has 0 aliphatic rings. The Labute approximate surface area is 99.6 Å². The number of carboxylic acids is 1. The summed E-state index contributed by atoms with van der Waals surface area (Å²) >= 11 is 0. The van der Waals surface area contributed by atoms with Crippen molar-refractivity contribution >= 4 is 17.6 Å². The quantitative estimate of drug-likeness (QED) is 0.736. The largest absolute Gasteiger partial charge is 0.478 e. The molecule has 0 saturated heterocycles. The minimum absolute atomic E-state index is 0.116. The van der Waals surface area contributed by atoms with Crippen molar-refractivity contribution in [3.8, 4) is 0 Å². The highest BCUT2D eigenvalue weighted by Crippen LogP contribution is 2.21. The minimum atomic E-state index is -1.05. The van der Waals surface area contributed by atoms with Gasteiger partial charge in [-0.25, -0.2) is 4.79 Å². The Morgan fingerprint density at radius 2 is 1.94 bits per heavy atom. The summed E-state index contributed by atoms with van der Waals surface area (Å²) in [5.74, 6) is -1.59. The molecule has 4 N–H and O–H groups in total. The van der Waals surface area contributed by atoms with Gasteiger partial charge in [-0.2, -0.15) is 0 Å². The maximum absolute atomic E-state index is 11.2. The van der Waals surface area contributed by atoms with Crippen LogP contribution in [0.5, 0.6) is 0 Å². The minimum Gasteiger partial charge on any atom is -0.478 e. The van der Waals surface area contributed by atoms with E-state index < -0.39 is 17.4 Å². The lowest BCUT2D eigenvalue weighted by Crippen LogP contribution is -2.45. The van der Waals surface area contributed by atoms with E-state index in [2.05, 4.69) is 5.32 Å². The first-order chi connectivity index (χ1) is 7.74. The van der Waals surface area contributed by atoms with Crippen LogP contribution in [0, 0.1) is 6.92 Å². The summed E-state index contributed by atoms with van der Waals surface area (Å²) in [5, 5.41) is 11.9. The number of hydrogen-bond donors (Lipinski definition) is 3. The van der Waals surface area contributed by atoms with Gasteiger partial charge in [0.15, 0.2) is 0 Å². The normalized spacial score (nSPS) is 11.0. The van der Waals surface area contributed by atoms with Crippen molar-refractivity contribution in [2.24, 2.45) is 5.73 Å². The Hall–Kier alpha value is -2.04. The van der Waals surface area contributed by atoms with Gasteiger partial charge in [-0.05, 0) is 38.5 Å². The fraction of sp³-hybridized carbons (Fsp3) is 0.333. The molecule has 0 unspecified atom stereocenters. The van der Waals surface area contributed by atoms with Gasteiger partial charge in [0.1, 0.15) is 5.54 Å². The monoisotopic (exact) mass is 236 g/mol. The van der Waals surface area contributed by atoms with Gasteiger partial charge in [0.2, 0.25) is 5.91 Å². The number of carbonyl (C=O) groups is 2. The number of amides is 1. The molecular weight excluding hydrogens is 220 g/mol. The van der Waals surface area contributed by atoms with E-state index in [1.807, 2.05) is 6.92 Å². The lowest BCUT2D eigenvalue weighted by atomic mass is 10.0. The number of nitrogens with two attached hydrogens (primary N) is 1. The molecule has 1 aromatic rings. The van der Waals surface area contributed by atoms with Crippen molar-refractivity contribution in [2.45, 2.75) is 26.3 Å². The first-order valence-corrected chi connectivity index (χ1v) is 5.16. The molecule has 0 aromatic heterocycles. The molecule has 0 saturated carbocycles. The van der Waals surface area contributed by atoms with Crippen LogP contribution in [0.2, 0.25) is 0 Å². The number of aromatic carboxylic acids is 1. The standard InChI is InChI=1S/C12H16N2O3/c1-7-4-5-8(10(15)16)9(6-7)14-12(2,3)11(13)17/h4-6,14H,1-3H3,(H2,13,17)(H,15,16). The van der Waals surface area contributed by atoms with E-state index in [0.717, 1.165) is 5.56 Å². The zero-order chi connectivity index (χ0) is 13.2. The van der Waals surface area contributed by atoms with Gasteiger partial charge in [0.25, 0.3) is 0 Å². The molecule has 0 spiro atoms. The Morgan fingerprint density at radius 1 is 1.35 bits per heavy atom. The molecule has 17 heavy (non-hydrogen) atoms. The van der Waals surface area contributed by atoms with Crippen molar-refractivity contribution < 1.29 is 14.7 Å². The number of benzene rings is 1. The second-order valence-electron chi connectivity index (χ2n) is 4.47. The first-order valence-electron chi connectivity index (χ1n) is 5.16. The first kappa shape index (κ1) is 13.0. The van der Waals surface area contributed by atoms with E-state index >= 15 is 0 Å². The maximum atomic E-state index is 11.2. The molecule has 5 nitrogen and oxygen atoms in total. The number of primary amides is 1.